The molecule has 0 aliphatic heterocycles. The van der Waals surface area contributed by atoms with E-state index in [2.05, 4.69) is 27.6 Å². The smallest absolute Gasteiger partial charge is 0.344 e. The number of aromatic nitrogens is 2. The lowest BCUT2D eigenvalue weighted by atomic mass is 9.97. The number of nitrogens with one attached hydrogen (secondary N) is 1. The van der Waals surface area contributed by atoms with Crippen molar-refractivity contribution in [3.63, 3.8) is 0 Å². The summed E-state index contributed by atoms with van der Waals surface area (Å²) in [5, 5.41) is 0.736. The highest BCUT2D eigenvalue weighted by atomic mass is 127. The molecule has 2 aromatic heterocycles. The number of halogens is 1. The number of thiophene rings is 1. The first-order valence-electron chi connectivity index (χ1n) is 9.72. The van der Waals surface area contributed by atoms with E-state index in [1.807, 2.05) is 18.2 Å². The number of benzene rings is 2. The van der Waals surface area contributed by atoms with Gasteiger partial charge in [0, 0.05) is 14.0 Å². The van der Waals surface area contributed by atoms with Crippen molar-refractivity contribution in [2.24, 2.45) is 0 Å². The second kappa shape index (κ2) is 7.96. The lowest BCUT2D eigenvalue weighted by molar-refractivity contribution is 0.0733. The zero-order valence-corrected chi connectivity index (χ0v) is 18.9. The molecular weight excluding hydrogens is 511 g/mol. The van der Waals surface area contributed by atoms with Gasteiger partial charge in [0.15, 0.2) is 0 Å². The van der Waals surface area contributed by atoms with Crippen LogP contribution >= 0.6 is 33.9 Å². The van der Waals surface area contributed by atoms with E-state index in [-0.39, 0.29) is 5.56 Å². The van der Waals surface area contributed by atoms with Gasteiger partial charge in [0.1, 0.15) is 16.4 Å². The summed E-state index contributed by atoms with van der Waals surface area (Å²) in [7, 11) is 0. The first-order valence-corrected chi connectivity index (χ1v) is 11.6. The molecule has 4 aromatic rings. The normalized spacial score (nSPS) is 13.2. The van der Waals surface area contributed by atoms with Crippen molar-refractivity contribution in [2.75, 3.05) is 0 Å². The molecule has 150 valence electrons. The molecule has 5 nitrogen and oxygen atoms in total. The van der Waals surface area contributed by atoms with Gasteiger partial charge in [-0.2, -0.15) is 0 Å². The van der Waals surface area contributed by atoms with Gasteiger partial charge in [-0.05, 0) is 78.1 Å². The minimum absolute atomic E-state index is 0.101. The summed E-state index contributed by atoms with van der Waals surface area (Å²) < 4.78 is 6.39. The van der Waals surface area contributed by atoms with Crippen LogP contribution < -0.4 is 10.3 Å². The average molecular weight is 528 g/mol. The number of fused-ring (bicyclic) bond motifs is 3. The van der Waals surface area contributed by atoms with Crippen molar-refractivity contribution in [3.8, 4) is 17.1 Å². The molecule has 0 radical (unpaired) electrons. The van der Waals surface area contributed by atoms with Crippen LogP contribution in [0, 0.1) is 3.57 Å². The standard InChI is InChI=1S/C23H17IN2O3S/c24-17-10-3-1-8-15(17)23(28)29-14-7-5-6-13(12-14)20-25-21(27)19-16-9-2-4-11-18(16)30-22(19)26-20/h1,3,5-8,10,12H,2,4,9,11H2,(H,25,26,27). The Labute approximate surface area is 190 Å². The van der Waals surface area contributed by atoms with Crippen molar-refractivity contribution in [1.82, 2.24) is 9.97 Å². The van der Waals surface area contributed by atoms with Crippen LogP contribution in [-0.2, 0) is 12.8 Å². The van der Waals surface area contributed by atoms with E-state index >= 15 is 0 Å². The molecule has 7 heteroatoms. The predicted octanol–water partition coefficient (Wildman–Crippen LogP) is 5.35. The van der Waals surface area contributed by atoms with Crippen LogP contribution in [0.2, 0.25) is 0 Å². The number of hydrogen-bond donors (Lipinski definition) is 1. The van der Waals surface area contributed by atoms with Crippen LogP contribution in [0.25, 0.3) is 21.6 Å². The third kappa shape index (κ3) is 3.56. The van der Waals surface area contributed by atoms with Crippen molar-refractivity contribution < 1.29 is 9.53 Å². The van der Waals surface area contributed by atoms with Gasteiger partial charge in [-0.1, -0.05) is 24.3 Å². The van der Waals surface area contributed by atoms with Crippen LogP contribution in [0.5, 0.6) is 5.75 Å². The summed E-state index contributed by atoms with van der Waals surface area (Å²) in [6.07, 6.45) is 4.25. The van der Waals surface area contributed by atoms with Gasteiger partial charge in [-0.15, -0.1) is 11.3 Å². The van der Waals surface area contributed by atoms with E-state index in [1.54, 1.807) is 41.7 Å². The Morgan fingerprint density at radius 2 is 1.93 bits per heavy atom. The summed E-state index contributed by atoms with van der Waals surface area (Å²) in [6, 6.07) is 14.4. The van der Waals surface area contributed by atoms with Crippen molar-refractivity contribution in [2.45, 2.75) is 25.7 Å². The maximum absolute atomic E-state index is 12.8. The maximum atomic E-state index is 12.8. The number of H-pyrrole nitrogens is 1. The Balaban J connectivity index is 1.49. The molecule has 5 rings (SSSR count). The second-order valence-electron chi connectivity index (χ2n) is 7.20. The maximum Gasteiger partial charge on any atom is 0.344 e. The number of carbonyl (C=O) groups is 1. The van der Waals surface area contributed by atoms with Crippen LogP contribution in [-0.4, -0.2) is 15.9 Å². The molecule has 2 aromatic carbocycles. The molecule has 0 bridgehead atoms. The molecule has 0 saturated carbocycles. The van der Waals surface area contributed by atoms with Gasteiger partial charge in [0.05, 0.1) is 10.9 Å². The predicted molar refractivity (Wildman–Crippen MR) is 126 cm³/mol. The molecule has 0 spiro atoms. The van der Waals surface area contributed by atoms with Gasteiger partial charge in [0.2, 0.25) is 0 Å². The Morgan fingerprint density at radius 1 is 1.10 bits per heavy atom. The van der Waals surface area contributed by atoms with Gasteiger partial charge in [-0.3, -0.25) is 4.79 Å². The fourth-order valence-electron chi connectivity index (χ4n) is 3.80. The lowest BCUT2D eigenvalue weighted by Crippen LogP contribution is -2.12. The Bertz CT molecular complexity index is 1340. The minimum Gasteiger partial charge on any atom is -0.423 e. The summed E-state index contributed by atoms with van der Waals surface area (Å²) in [4.78, 5) is 35.1. The first kappa shape index (κ1) is 19.4. The highest BCUT2D eigenvalue weighted by Gasteiger charge is 2.20. The molecule has 1 aliphatic rings. The minimum atomic E-state index is -0.417. The van der Waals surface area contributed by atoms with Gasteiger partial charge < -0.3 is 9.72 Å². The quantitative estimate of drug-likeness (QED) is 0.221. The third-order valence-corrected chi connectivity index (χ3v) is 7.36. The molecule has 0 unspecified atom stereocenters. The number of rotatable bonds is 3. The SMILES string of the molecule is O=C(Oc1cccc(-c2nc3sc4c(c3c(=O)[nH]2)CCCC4)c1)c1ccccc1I. The van der Waals surface area contributed by atoms with Gasteiger partial charge >= 0.3 is 5.97 Å². The first-order chi connectivity index (χ1) is 14.6. The Hall–Kier alpha value is -2.52. The average Bonchev–Trinajstić information content (AvgIpc) is 3.13. The van der Waals surface area contributed by atoms with Crippen LogP contribution in [0.15, 0.2) is 53.3 Å². The number of hydrogen-bond acceptors (Lipinski definition) is 5. The van der Waals surface area contributed by atoms with Crippen LogP contribution in [0.4, 0.5) is 0 Å². The van der Waals surface area contributed by atoms with Crippen LogP contribution in [0.1, 0.15) is 33.6 Å². The lowest BCUT2D eigenvalue weighted by Gasteiger charge is -2.09. The molecule has 0 amide bonds. The van der Waals surface area contributed by atoms with Crippen molar-refractivity contribution in [3.05, 3.63) is 78.5 Å². The molecule has 1 N–H and O–H groups in total. The fraction of sp³-hybridized carbons (Fsp3) is 0.174. The third-order valence-electron chi connectivity index (χ3n) is 5.24. The van der Waals surface area contributed by atoms with E-state index in [0.717, 1.165) is 33.0 Å². The summed E-state index contributed by atoms with van der Waals surface area (Å²) >= 11 is 3.73. The fourth-order valence-corrected chi connectivity index (χ4v) is 5.67. The zero-order chi connectivity index (χ0) is 20.7. The van der Waals surface area contributed by atoms with Crippen molar-refractivity contribution >= 4 is 50.1 Å². The second-order valence-corrected chi connectivity index (χ2v) is 9.45. The molecule has 1 aliphatic carbocycles. The van der Waals surface area contributed by atoms with E-state index < -0.39 is 5.97 Å². The summed E-state index contributed by atoms with van der Waals surface area (Å²) in [6.45, 7) is 0. The highest BCUT2D eigenvalue weighted by molar-refractivity contribution is 14.1. The molecule has 2 heterocycles. The Kier molecular flexibility index (Phi) is 5.16. The highest BCUT2D eigenvalue weighted by Crippen LogP contribution is 2.34. The molecule has 0 atom stereocenters. The van der Waals surface area contributed by atoms with E-state index in [1.165, 1.54) is 16.9 Å². The molecule has 0 fully saturated rings. The van der Waals surface area contributed by atoms with E-state index in [0.29, 0.717) is 22.7 Å². The molecule has 30 heavy (non-hydrogen) atoms. The monoisotopic (exact) mass is 528 g/mol. The molecular formula is C23H17IN2O3S. The largest absolute Gasteiger partial charge is 0.423 e. The van der Waals surface area contributed by atoms with E-state index in [9.17, 15) is 9.59 Å². The van der Waals surface area contributed by atoms with Gasteiger partial charge in [0.25, 0.3) is 5.56 Å². The Morgan fingerprint density at radius 3 is 2.80 bits per heavy atom. The number of aryl methyl sites for hydroxylation is 2. The number of ether oxygens (including phenoxy) is 1. The van der Waals surface area contributed by atoms with Crippen molar-refractivity contribution in [1.29, 1.82) is 0 Å². The number of aromatic amines is 1. The summed E-state index contributed by atoms with van der Waals surface area (Å²) in [5.41, 5.74) is 2.28. The topological polar surface area (TPSA) is 72.0 Å². The van der Waals surface area contributed by atoms with Gasteiger partial charge in [-0.25, -0.2) is 9.78 Å². The molecule has 0 saturated heterocycles. The number of nitrogens with zero attached hydrogens (tertiary/aromatic N) is 1. The number of esters is 1. The van der Waals surface area contributed by atoms with Crippen LogP contribution in [0.3, 0.4) is 0 Å². The zero-order valence-electron chi connectivity index (χ0n) is 15.9. The number of carbonyl (C=O) groups excluding carboxylic acids is 1. The summed E-state index contributed by atoms with van der Waals surface area (Å²) in [5.74, 6) is 0.476. The van der Waals surface area contributed by atoms with E-state index in [4.69, 9.17) is 9.72 Å².